The van der Waals surface area contributed by atoms with Gasteiger partial charge in [-0.1, -0.05) is 19.9 Å². The Morgan fingerprint density at radius 3 is 2.25 bits per heavy atom. The Kier molecular flexibility index (Phi) is 5.18. The second-order valence-corrected chi connectivity index (χ2v) is 5.80. The van der Waals surface area contributed by atoms with Crippen LogP contribution in [0.3, 0.4) is 0 Å². The number of hydrogen-bond acceptors (Lipinski definition) is 2. The molecule has 0 bridgehead atoms. The fourth-order valence-corrected chi connectivity index (χ4v) is 2.60. The third-order valence-corrected chi connectivity index (χ3v) is 3.88. The monoisotopic (exact) mass is 341 g/mol. The smallest absolute Gasteiger partial charge is 0.416 e. The summed E-state index contributed by atoms with van der Waals surface area (Å²) in [5, 5.41) is 0. The minimum absolute atomic E-state index is 0.0726. The van der Waals surface area contributed by atoms with Crippen LogP contribution in [0.2, 0.25) is 0 Å². The maximum atomic E-state index is 14.1. The molecular formula is C18H19F4NO. The standard InChI is InChI=1S/C18H19F4NO/c1-10(2)14-7-15(17(24-3)8-16(14)19)13-5-4-12(18(20,21)22)6-11(13)9-23/h4-8,10H,9,23H2,1-3H3. The lowest BCUT2D eigenvalue weighted by atomic mass is 9.92. The molecule has 6 heteroatoms. The summed E-state index contributed by atoms with van der Waals surface area (Å²) in [4.78, 5) is 0. The molecule has 0 spiro atoms. The van der Waals surface area contributed by atoms with Gasteiger partial charge in [0, 0.05) is 18.2 Å². The maximum absolute atomic E-state index is 14.1. The summed E-state index contributed by atoms with van der Waals surface area (Å²) in [7, 11) is 1.39. The third kappa shape index (κ3) is 3.53. The predicted molar refractivity (Wildman–Crippen MR) is 85.4 cm³/mol. The highest BCUT2D eigenvalue weighted by Crippen LogP contribution is 2.38. The van der Waals surface area contributed by atoms with Crippen molar-refractivity contribution in [3.8, 4) is 16.9 Å². The van der Waals surface area contributed by atoms with Gasteiger partial charge in [0.2, 0.25) is 0 Å². The number of hydrogen-bond donors (Lipinski definition) is 1. The molecule has 0 aliphatic carbocycles. The van der Waals surface area contributed by atoms with Gasteiger partial charge in [-0.25, -0.2) is 4.39 Å². The zero-order valence-electron chi connectivity index (χ0n) is 13.7. The molecule has 2 aromatic rings. The van der Waals surface area contributed by atoms with Crippen LogP contribution < -0.4 is 10.5 Å². The van der Waals surface area contributed by atoms with Crippen molar-refractivity contribution in [3.63, 3.8) is 0 Å². The Morgan fingerprint density at radius 1 is 1.08 bits per heavy atom. The SMILES string of the molecule is COc1cc(F)c(C(C)C)cc1-c1ccc(C(F)(F)F)cc1CN. The molecule has 130 valence electrons. The molecule has 0 aliphatic heterocycles. The molecule has 2 nitrogen and oxygen atoms in total. The molecule has 0 amide bonds. The molecule has 2 rings (SSSR count). The van der Waals surface area contributed by atoms with Crippen molar-refractivity contribution in [2.75, 3.05) is 7.11 Å². The summed E-state index contributed by atoms with van der Waals surface area (Å²) in [5.41, 5.74) is 6.69. The quantitative estimate of drug-likeness (QED) is 0.785. The molecule has 0 aliphatic rings. The number of rotatable bonds is 4. The maximum Gasteiger partial charge on any atom is 0.416 e. The van der Waals surface area contributed by atoms with E-state index in [9.17, 15) is 17.6 Å². The van der Waals surface area contributed by atoms with Crippen molar-refractivity contribution in [1.29, 1.82) is 0 Å². The summed E-state index contributed by atoms with van der Waals surface area (Å²) in [6.07, 6.45) is -4.45. The molecule has 2 aromatic carbocycles. The van der Waals surface area contributed by atoms with Gasteiger partial charge >= 0.3 is 6.18 Å². The van der Waals surface area contributed by atoms with Crippen molar-refractivity contribution < 1.29 is 22.3 Å². The molecule has 0 saturated heterocycles. The Hall–Kier alpha value is -2.08. The van der Waals surface area contributed by atoms with Crippen LogP contribution in [0.25, 0.3) is 11.1 Å². The van der Waals surface area contributed by atoms with E-state index in [0.29, 0.717) is 22.3 Å². The van der Waals surface area contributed by atoms with Gasteiger partial charge in [-0.15, -0.1) is 0 Å². The van der Waals surface area contributed by atoms with E-state index >= 15 is 0 Å². The fraction of sp³-hybridized carbons (Fsp3) is 0.333. The van der Waals surface area contributed by atoms with Crippen LogP contribution in [-0.2, 0) is 12.7 Å². The number of benzene rings is 2. The Morgan fingerprint density at radius 2 is 1.75 bits per heavy atom. The van der Waals surface area contributed by atoms with E-state index in [4.69, 9.17) is 10.5 Å². The first-order valence-electron chi connectivity index (χ1n) is 7.47. The second kappa shape index (κ2) is 6.81. The van der Waals surface area contributed by atoms with Gasteiger partial charge in [-0.3, -0.25) is 0 Å². The van der Waals surface area contributed by atoms with Gasteiger partial charge in [-0.05, 0) is 40.8 Å². The van der Waals surface area contributed by atoms with E-state index in [1.165, 1.54) is 19.2 Å². The minimum atomic E-state index is -4.45. The summed E-state index contributed by atoms with van der Waals surface area (Å²) in [5.74, 6) is -0.233. The first kappa shape index (κ1) is 18.3. The molecule has 0 saturated carbocycles. The van der Waals surface area contributed by atoms with E-state index in [2.05, 4.69) is 0 Å². The molecule has 0 aromatic heterocycles. The van der Waals surface area contributed by atoms with Crippen molar-refractivity contribution in [2.45, 2.75) is 32.5 Å². The van der Waals surface area contributed by atoms with E-state index in [-0.39, 0.29) is 18.2 Å². The van der Waals surface area contributed by atoms with Crippen LogP contribution in [0.15, 0.2) is 30.3 Å². The molecule has 0 heterocycles. The number of ether oxygens (including phenoxy) is 1. The number of nitrogens with two attached hydrogens (primary N) is 1. The Balaban J connectivity index is 2.69. The predicted octanol–water partition coefficient (Wildman–Crippen LogP) is 5.10. The highest BCUT2D eigenvalue weighted by molar-refractivity contribution is 5.75. The van der Waals surface area contributed by atoms with E-state index in [1.54, 1.807) is 6.07 Å². The fourth-order valence-electron chi connectivity index (χ4n) is 2.60. The largest absolute Gasteiger partial charge is 0.496 e. The molecule has 2 N–H and O–H groups in total. The van der Waals surface area contributed by atoms with E-state index in [0.717, 1.165) is 12.1 Å². The number of alkyl halides is 3. The van der Waals surface area contributed by atoms with Gasteiger partial charge in [-0.2, -0.15) is 13.2 Å². The van der Waals surface area contributed by atoms with Crippen molar-refractivity contribution >= 4 is 0 Å². The third-order valence-electron chi connectivity index (χ3n) is 3.88. The van der Waals surface area contributed by atoms with Crippen LogP contribution in [0.5, 0.6) is 5.75 Å². The zero-order chi connectivity index (χ0) is 18.1. The lowest BCUT2D eigenvalue weighted by Gasteiger charge is -2.17. The van der Waals surface area contributed by atoms with Crippen molar-refractivity contribution in [1.82, 2.24) is 0 Å². The number of halogens is 4. The van der Waals surface area contributed by atoms with E-state index in [1.807, 2.05) is 13.8 Å². The summed E-state index contributed by atoms with van der Waals surface area (Å²) < 4.78 is 58.0. The summed E-state index contributed by atoms with van der Waals surface area (Å²) in [6, 6.07) is 6.23. The van der Waals surface area contributed by atoms with Gasteiger partial charge in [0.25, 0.3) is 0 Å². The van der Waals surface area contributed by atoms with Gasteiger partial charge in [0.15, 0.2) is 0 Å². The van der Waals surface area contributed by atoms with Crippen LogP contribution in [0.4, 0.5) is 17.6 Å². The molecule has 0 fully saturated rings. The molecule has 24 heavy (non-hydrogen) atoms. The number of methoxy groups -OCH3 is 1. The van der Waals surface area contributed by atoms with Gasteiger partial charge in [0.1, 0.15) is 11.6 Å². The van der Waals surface area contributed by atoms with Crippen molar-refractivity contribution in [3.05, 3.63) is 52.8 Å². The topological polar surface area (TPSA) is 35.2 Å². The Bertz CT molecular complexity index is 739. The first-order chi connectivity index (χ1) is 11.2. The molecule has 0 atom stereocenters. The zero-order valence-corrected chi connectivity index (χ0v) is 13.7. The normalized spacial score (nSPS) is 11.9. The minimum Gasteiger partial charge on any atom is -0.496 e. The van der Waals surface area contributed by atoms with Gasteiger partial charge in [0.05, 0.1) is 12.7 Å². The lowest BCUT2D eigenvalue weighted by Crippen LogP contribution is -2.08. The summed E-state index contributed by atoms with van der Waals surface area (Å²) in [6.45, 7) is 3.60. The Labute approximate surface area is 138 Å². The van der Waals surface area contributed by atoms with Crippen LogP contribution in [-0.4, -0.2) is 7.11 Å². The lowest BCUT2D eigenvalue weighted by molar-refractivity contribution is -0.137. The molecule has 0 radical (unpaired) electrons. The average Bonchev–Trinajstić information content (AvgIpc) is 2.52. The van der Waals surface area contributed by atoms with Gasteiger partial charge < -0.3 is 10.5 Å². The average molecular weight is 341 g/mol. The highest BCUT2D eigenvalue weighted by Gasteiger charge is 2.31. The van der Waals surface area contributed by atoms with Crippen LogP contribution in [0.1, 0.15) is 36.5 Å². The molecule has 0 unspecified atom stereocenters. The van der Waals surface area contributed by atoms with Crippen LogP contribution >= 0.6 is 0 Å². The molecular weight excluding hydrogens is 322 g/mol. The van der Waals surface area contributed by atoms with E-state index < -0.39 is 17.6 Å². The van der Waals surface area contributed by atoms with Crippen molar-refractivity contribution in [2.24, 2.45) is 5.73 Å². The highest BCUT2D eigenvalue weighted by atomic mass is 19.4. The first-order valence-corrected chi connectivity index (χ1v) is 7.47. The van der Waals surface area contributed by atoms with Crippen LogP contribution in [0, 0.1) is 5.82 Å². The summed E-state index contributed by atoms with van der Waals surface area (Å²) >= 11 is 0. The second-order valence-electron chi connectivity index (χ2n) is 5.80.